The van der Waals surface area contributed by atoms with Crippen LogP contribution in [0.4, 0.5) is 5.82 Å². The lowest BCUT2D eigenvalue weighted by Crippen LogP contribution is -2.19. The number of anilines is 1. The topological polar surface area (TPSA) is 115 Å². The van der Waals surface area contributed by atoms with E-state index in [0.29, 0.717) is 6.61 Å². The molecule has 4 N–H and O–H groups in total. The predicted molar refractivity (Wildman–Crippen MR) is 130 cm³/mol. The van der Waals surface area contributed by atoms with Gasteiger partial charge in [0.05, 0.1) is 25.1 Å². The number of rotatable bonds is 9. The SMILES string of the molecule is Nc1c(C(=O)N/N=C/c2ccc(OCc3ccccc3)cc2)cnn1CC(O)c1ccccc1. The molecule has 4 rings (SSSR count). The van der Waals surface area contributed by atoms with Gasteiger partial charge in [0, 0.05) is 0 Å². The molecular formula is C26H25N5O3. The van der Waals surface area contributed by atoms with Gasteiger partial charge in [0.25, 0.3) is 5.91 Å². The van der Waals surface area contributed by atoms with Crippen LogP contribution in [0.1, 0.15) is 33.2 Å². The molecule has 0 fully saturated rings. The van der Waals surface area contributed by atoms with Crippen LogP contribution in [-0.4, -0.2) is 27.0 Å². The number of aliphatic hydroxyl groups is 1. The lowest BCUT2D eigenvalue weighted by atomic mass is 10.1. The summed E-state index contributed by atoms with van der Waals surface area (Å²) in [5.74, 6) is 0.405. The van der Waals surface area contributed by atoms with Crippen molar-refractivity contribution in [2.24, 2.45) is 5.10 Å². The van der Waals surface area contributed by atoms with Crippen molar-refractivity contribution in [3.05, 3.63) is 113 Å². The Bertz CT molecular complexity index is 1240. The maximum atomic E-state index is 12.5. The first kappa shape index (κ1) is 22.8. The van der Waals surface area contributed by atoms with Crippen molar-refractivity contribution in [3.8, 4) is 5.75 Å². The molecule has 4 aromatic rings. The summed E-state index contributed by atoms with van der Waals surface area (Å²) in [6, 6.07) is 26.5. The van der Waals surface area contributed by atoms with E-state index in [-0.39, 0.29) is 17.9 Å². The Kier molecular flexibility index (Phi) is 7.32. The molecule has 0 spiro atoms. The Morgan fingerprint density at radius 2 is 1.74 bits per heavy atom. The van der Waals surface area contributed by atoms with E-state index in [1.165, 1.54) is 17.1 Å². The molecule has 8 heteroatoms. The molecule has 3 aromatic carbocycles. The lowest BCUT2D eigenvalue weighted by Gasteiger charge is -2.12. The van der Waals surface area contributed by atoms with Gasteiger partial charge in [0.15, 0.2) is 0 Å². The van der Waals surface area contributed by atoms with Gasteiger partial charge in [-0.25, -0.2) is 10.1 Å². The zero-order valence-corrected chi connectivity index (χ0v) is 18.4. The number of benzene rings is 3. The normalized spacial score (nSPS) is 11.9. The second-order valence-corrected chi connectivity index (χ2v) is 7.59. The fourth-order valence-corrected chi connectivity index (χ4v) is 3.28. The largest absolute Gasteiger partial charge is 0.489 e. The summed E-state index contributed by atoms with van der Waals surface area (Å²) in [5.41, 5.74) is 11.3. The molecule has 1 amide bonds. The first-order chi connectivity index (χ1) is 16.6. The zero-order chi connectivity index (χ0) is 23.8. The molecule has 1 unspecified atom stereocenters. The summed E-state index contributed by atoms with van der Waals surface area (Å²) in [6.07, 6.45) is 2.09. The summed E-state index contributed by atoms with van der Waals surface area (Å²) in [7, 11) is 0. The number of ether oxygens (including phenoxy) is 1. The van der Waals surface area contributed by atoms with Crippen LogP contribution in [0, 0.1) is 0 Å². The fraction of sp³-hybridized carbons (Fsp3) is 0.115. The second-order valence-electron chi connectivity index (χ2n) is 7.59. The smallest absolute Gasteiger partial charge is 0.276 e. The van der Waals surface area contributed by atoms with Gasteiger partial charge in [0.1, 0.15) is 23.7 Å². The number of nitrogens with one attached hydrogen (secondary N) is 1. The van der Waals surface area contributed by atoms with Gasteiger partial charge in [-0.1, -0.05) is 60.7 Å². The molecule has 0 radical (unpaired) electrons. The molecule has 34 heavy (non-hydrogen) atoms. The van der Waals surface area contributed by atoms with Crippen LogP contribution >= 0.6 is 0 Å². The first-order valence-electron chi connectivity index (χ1n) is 10.7. The lowest BCUT2D eigenvalue weighted by molar-refractivity contribution is 0.0955. The van der Waals surface area contributed by atoms with Gasteiger partial charge >= 0.3 is 0 Å². The molecule has 1 aromatic heterocycles. The maximum absolute atomic E-state index is 12.5. The molecule has 8 nitrogen and oxygen atoms in total. The van der Waals surface area contributed by atoms with Crippen LogP contribution in [0.3, 0.4) is 0 Å². The third kappa shape index (κ3) is 5.87. The number of hydrogen-bond donors (Lipinski definition) is 3. The van der Waals surface area contributed by atoms with Gasteiger partial charge in [0.2, 0.25) is 0 Å². The standard InChI is InChI=1S/C26H25N5O3/c27-25-23(16-29-31(25)17-24(32)21-9-5-2-6-10-21)26(33)30-28-15-19-11-13-22(14-12-19)34-18-20-7-3-1-4-8-20/h1-16,24,32H,17-18,27H2,(H,30,33)/b28-15+. The molecule has 172 valence electrons. The van der Waals surface area contributed by atoms with Crippen LogP contribution in [-0.2, 0) is 13.2 Å². The first-order valence-corrected chi connectivity index (χ1v) is 10.7. The molecule has 0 bridgehead atoms. The van der Waals surface area contributed by atoms with E-state index >= 15 is 0 Å². The van der Waals surface area contributed by atoms with E-state index in [1.807, 2.05) is 84.9 Å². The van der Waals surface area contributed by atoms with Crippen molar-refractivity contribution in [3.63, 3.8) is 0 Å². The number of aromatic nitrogens is 2. The van der Waals surface area contributed by atoms with E-state index in [1.54, 1.807) is 0 Å². The number of nitrogens with zero attached hydrogens (tertiary/aromatic N) is 3. The van der Waals surface area contributed by atoms with Crippen LogP contribution in [0.5, 0.6) is 5.75 Å². The Hall–Kier alpha value is -4.43. The number of carbonyl (C=O) groups is 1. The molecule has 1 heterocycles. The number of hydrazone groups is 1. The van der Waals surface area contributed by atoms with Gasteiger partial charge in [-0.3, -0.25) is 4.79 Å². The highest BCUT2D eigenvalue weighted by molar-refractivity contribution is 5.98. The van der Waals surface area contributed by atoms with Crippen molar-refractivity contribution in [1.82, 2.24) is 15.2 Å². The number of hydrogen-bond acceptors (Lipinski definition) is 6. The minimum absolute atomic E-state index is 0.130. The van der Waals surface area contributed by atoms with Crippen molar-refractivity contribution in [2.75, 3.05) is 5.73 Å². The zero-order valence-electron chi connectivity index (χ0n) is 18.4. The van der Waals surface area contributed by atoms with Crippen LogP contribution in [0.25, 0.3) is 0 Å². The number of nitrogens with two attached hydrogens (primary N) is 1. The summed E-state index contributed by atoms with van der Waals surface area (Å²) in [5, 5.41) is 18.5. The summed E-state index contributed by atoms with van der Waals surface area (Å²) in [4.78, 5) is 12.5. The molecule has 0 aliphatic heterocycles. The summed E-state index contributed by atoms with van der Waals surface area (Å²) >= 11 is 0. The number of carbonyl (C=O) groups excluding carboxylic acids is 1. The monoisotopic (exact) mass is 455 g/mol. The highest BCUT2D eigenvalue weighted by Crippen LogP contribution is 2.18. The number of nitrogen functional groups attached to an aromatic ring is 1. The van der Waals surface area contributed by atoms with Gasteiger partial charge in [-0.15, -0.1) is 0 Å². The van der Waals surface area contributed by atoms with E-state index in [4.69, 9.17) is 10.5 Å². The van der Waals surface area contributed by atoms with Crippen molar-refractivity contribution >= 4 is 17.9 Å². The molecule has 1 atom stereocenters. The Balaban J connectivity index is 1.30. The van der Waals surface area contributed by atoms with Crippen LogP contribution in [0.2, 0.25) is 0 Å². The second kappa shape index (κ2) is 10.9. The number of aliphatic hydroxyl groups excluding tert-OH is 1. The summed E-state index contributed by atoms with van der Waals surface area (Å²) < 4.78 is 7.16. The predicted octanol–water partition coefficient (Wildman–Crippen LogP) is 3.54. The van der Waals surface area contributed by atoms with Crippen molar-refractivity contribution < 1.29 is 14.6 Å². The van der Waals surface area contributed by atoms with Gasteiger partial charge < -0.3 is 15.6 Å². The van der Waals surface area contributed by atoms with Crippen LogP contribution in [0.15, 0.2) is 96.2 Å². The van der Waals surface area contributed by atoms with Crippen LogP contribution < -0.4 is 15.9 Å². The summed E-state index contributed by atoms with van der Waals surface area (Å²) in [6.45, 7) is 0.618. The quantitative estimate of drug-likeness (QED) is 0.264. The third-order valence-corrected chi connectivity index (χ3v) is 5.16. The van der Waals surface area contributed by atoms with Gasteiger partial charge in [-0.05, 0) is 41.0 Å². The molecule has 0 aliphatic rings. The van der Waals surface area contributed by atoms with E-state index in [0.717, 1.165) is 22.4 Å². The van der Waals surface area contributed by atoms with Gasteiger partial charge in [-0.2, -0.15) is 10.2 Å². The van der Waals surface area contributed by atoms with E-state index in [9.17, 15) is 9.90 Å². The third-order valence-electron chi connectivity index (χ3n) is 5.16. The Labute approximate surface area is 197 Å². The van der Waals surface area contributed by atoms with E-state index in [2.05, 4.69) is 15.6 Å². The Morgan fingerprint density at radius 1 is 1.06 bits per heavy atom. The minimum Gasteiger partial charge on any atom is -0.489 e. The maximum Gasteiger partial charge on any atom is 0.276 e. The van der Waals surface area contributed by atoms with Crippen molar-refractivity contribution in [2.45, 2.75) is 19.3 Å². The highest BCUT2D eigenvalue weighted by Gasteiger charge is 2.17. The molecular weight excluding hydrogens is 430 g/mol. The minimum atomic E-state index is -0.794. The average molecular weight is 456 g/mol. The van der Waals surface area contributed by atoms with Crippen molar-refractivity contribution in [1.29, 1.82) is 0 Å². The Morgan fingerprint density at radius 3 is 2.44 bits per heavy atom. The average Bonchev–Trinajstić information content (AvgIpc) is 3.24. The highest BCUT2D eigenvalue weighted by atomic mass is 16.5. The molecule has 0 saturated carbocycles. The van der Waals surface area contributed by atoms with E-state index < -0.39 is 12.0 Å². The molecule has 0 saturated heterocycles. The number of amides is 1. The fourth-order valence-electron chi connectivity index (χ4n) is 3.28. The molecule has 0 aliphatic carbocycles.